The van der Waals surface area contributed by atoms with E-state index >= 15 is 0 Å². The number of ether oxygens (including phenoxy) is 1. The van der Waals surface area contributed by atoms with Gasteiger partial charge in [0.2, 0.25) is 0 Å². The summed E-state index contributed by atoms with van der Waals surface area (Å²) in [7, 11) is 1.36. The van der Waals surface area contributed by atoms with Crippen molar-refractivity contribution in [2.45, 2.75) is 77.7 Å². The third-order valence-corrected chi connectivity index (χ3v) is 5.65. The molecule has 156 valence electrons. The van der Waals surface area contributed by atoms with Crippen molar-refractivity contribution in [3.8, 4) is 0 Å². The Morgan fingerprint density at radius 3 is 2.46 bits per heavy atom. The smallest absolute Gasteiger partial charge is 0.306 e. The molecule has 0 saturated heterocycles. The summed E-state index contributed by atoms with van der Waals surface area (Å²) in [5.74, 6) is 0.0948. The first-order chi connectivity index (χ1) is 13.2. The maximum absolute atomic E-state index is 11.9. The van der Waals surface area contributed by atoms with Gasteiger partial charge in [-0.25, -0.2) is 0 Å². The number of rotatable bonds is 8. The van der Waals surface area contributed by atoms with Gasteiger partial charge in [-0.2, -0.15) is 0 Å². The minimum Gasteiger partial charge on any atom is -0.469 e. The van der Waals surface area contributed by atoms with Crippen LogP contribution < -0.4 is 4.90 Å². The summed E-state index contributed by atoms with van der Waals surface area (Å²) in [6, 6.07) is 5.81. The number of nitrogens with zero attached hydrogens (tertiary/aromatic N) is 2. The van der Waals surface area contributed by atoms with E-state index in [1.165, 1.54) is 26.4 Å². The van der Waals surface area contributed by atoms with Crippen molar-refractivity contribution in [2.75, 3.05) is 18.6 Å². The summed E-state index contributed by atoms with van der Waals surface area (Å²) in [6.07, 6.45) is 5.95. The molecule has 28 heavy (non-hydrogen) atoms. The van der Waals surface area contributed by atoms with Crippen LogP contribution in [-0.4, -0.2) is 30.6 Å². The van der Waals surface area contributed by atoms with E-state index in [-0.39, 0.29) is 23.0 Å². The van der Waals surface area contributed by atoms with E-state index in [2.05, 4.69) is 18.7 Å². The number of carbonyl (C=O) groups excluding carboxylic acids is 1. The molecular formula is C22H34N2O4. The van der Waals surface area contributed by atoms with Crippen molar-refractivity contribution in [3.05, 3.63) is 33.9 Å². The van der Waals surface area contributed by atoms with Gasteiger partial charge >= 0.3 is 5.97 Å². The number of carbonyl (C=O) groups is 1. The largest absolute Gasteiger partial charge is 0.469 e. The quantitative estimate of drug-likeness (QED) is 0.345. The van der Waals surface area contributed by atoms with Crippen LogP contribution in [0.25, 0.3) is 0 Å². The van der Waals surface area contributed by atoms with Gasteiger partial charge in [0.05, 0.1) is 18.5 Å². The zero-order valence-corrected chi connectivity index (χ0v) is 17.9. The van der Waals surface area contributed by atoms with E-state index in [4.69, 9.17) is 4.74 Å². The second kappa shape index (κ2) is 9.39. The third-order valence-electron chi connectivity index (χ3n) is 5.65. The Morgan fingerprint density at radius 1 is 1.29 bits per heavy atom. The lowest BCUT2D eigenvalue weighted by molar-refractivity contribution is -0.384. The molecule has 0 unspecified atom stereocenters. The van der Waals surface area contributed by atoms with Crippen LogP contribution in [-0.2, 0) is 14.9 Å². The minimum absolute atomic E-state index is 0.127. The molecule has 1 saturated carbocycles. The summed E-state index contributed by atoms with van der Waals surface area (Å²) < 4.78 is 4.79. The SMILES string of the molecule is COC(=O)CC(C)(C)c1ccc(N(CC(C)C)C2CCCCC2)c([N+](=O)[O-])c1. The number of nitro groups is 1. The normalized spacial score (nSPS) is 15.5. The highest BCUT2D eigenvalue weighted by Gasteiger charge is 2.31. The van der Waals surface area contributed by atoms with Crippen molar-refractivity contribution >= 4 is 17.3 Å². The Hall–Kier alpha value is -2.11. The average molecular weight is 391 g/mol. The van der Waals surface area contributed by atoms with Gasteiger partial charge in [0, 0.05) is 24.1 Å². The lowest BCUT2D eigenvalue weighted by Gasteiger charge is -2.37. The third kappa shape index (κ3) is 5.46. The van der Waals surface area contributed by atoms with Crippen LogP contribution in [0.4, 0.5) is 11.4 Å². The summed E-state index contributed by atoms with van der Waals surface area (Å²) in [6.45, 7) is 8.92. The van der Waals surface area contributed by atoms with Gasteiger partial charge in [-0.15, -0.1) is 0 Å². The number of anilines is 1. The number of benzene rings is 1. The lowest BCUT2D eigenvalue weighted by Crippen LogP contribution is -2.39. The maximum atomic E-state index is 11.9. The molecule has 6 heteroatoms. The van der Waals surface area contributed by atoms with Crippen molar-refractivity contribution in [2.24, 2.45) is 5.92 Å². The average Bonchev–Trinajstić information content (AvgIpc) is 2.65. The number of hydrogen-bond donors (Lipinski definition) is 0. The molecule has 0 aromatic heterocycles. The number of methoxy groups -OCH3 is 1. The van der Waals surface area contributed by atoms with Gasteiger partial charge in [0.1, 0.15) is 5.69 Å². The van der Waals surface area contributed by atoms with Gasteiger partial charge in [0.15, 0.2) is 0 Å². The summed E-state index contributed by atoms with van der Waals surface area (Å²) in [4.78, 5) is 25.7. The highest BCUT2D eigenvalue weighted by Crippen LogP contribution is 2.38. The second-order valence-corrected chi connectivity index (χ2v) is 8.94. The Kier molecular flexibility index (Phi) is 7.44. The fraction of sp³-hybridized carbons (Fsp3) is 0.682. The van der Waals surface area contributed by atoms with Crippen LogP contribution in [0.5, 0.6) is 0 Å². The fourth-order valence-electron chi connectivity index (χ4n) is 4.10. The van der Waals surface area contributed by atoms with Crippen molar-refractivity contribution in [1.29, 1.82) is 0 Å². The molecule has 0 N–H and O–H groups in total. The highest BCUT2D eigenvalue weighted by molar-refractivity contribution is 5.72. The maximum Gasteiger partial charge on any atom is 0.306 e. The molecule has 1 fully saturated rings. The standard InChI is InChI=1S/C22H34N2O4/c1-16(2)15-23(18-9-7-6-8-10-18)19-12-11-17(13-20(19)24(26)27)22(3,4)14-21(25)28-5/h11-13,16,18H,6-10,14-15H2,1-5H3. The van der Waals surface area contributed by atoms with Crippen LogP contribution in [0, 0.1) is 16.0 Å². The Labute approximate surface area is 168 Å². The van der Waals surface area contributed by atoms with Crippen LogP contribution in [0.1, 0.15) is 71.8 Å². The van der Waals surface area contributed by atoms with Gasteiger partial charge < -0.3 is 9.64 Å². The molecule has 1 aromatic carbocycles. The van der Waals surface area contributed by atoms with Crippen LogP contribution in [0.3, 0.4) is 0 Å². The van der Waals surface area contributed by atoms with E-state index in [1.807, 2.05) is 26.0 Å². The molecule has 2 rings (SSSR count). The van der Waals surface area contributed by atoms with Gasteiger partial charge in [-0.05, 0) is 30.4 Å². The molecule has 1 aliphatic carbocycles. The molecule has 0 heterocycles. The van der Waals surface area contributed by atoms with Gasteiger partial charge in [-0.3, -0.25) is 14.9 Å². The van der Waals surface area contributed by atoms with Crippen LogP contribution in [0.15, 0.2) is 18.2 Å². The summed E-state index contributed by atoms with van der Waals surface area (Å²) in [5.41, 5.74) is 1.07. The zero-order chi connectivity index (χ0) is 20.9. The lowest BCUT2D eigenvalue weighted by atomic mass is 9.81. The van der Waals surface area contributed by atoms with Crippen LogP contribution >= 0.6 is 0 Å². The molecule has 0 amide bonds. The predicted octanol–water partition coefficient (Wildman–Crippen LogP) is 5.23. The topological polar surface area (TPSA) is 72.7 Å². The van der Waals surface area contributed by atoms with Crippen molar-refractivity contribution in [1.82, 2.24) is 0 Å². The fourth-order valence-corrected chi connectivity index (χ4v) is 4.10. The van der Waals surface area contributed by atoms with E-state index in [0.717, 1.165) is 24.9 Å². The summed E-state index contributed by atoms with van der Waals surface area (Å²) in [5, 5.41) is 11.9. The number of esters is 1. The monoisotopic (exact) mass is 390 g/mol. The second-order valence-electron chi connectivity index (χ2n) is 8.94. The number of nitro benzene ring substituents is 1. The molecule has 0 aliphatic heterocycles. The summed E-state index contributed by atoms with van der Waals surface area (Å²) >= 11 is 0. The van der Waals surface area contributed by atoms with E-state index in [0.29, 0.717) is 17.6 Å². The van der Waals surface area contributed by atoms with Gasteiger partial charge in [-0.1, -0.05) is 53.0 Å². The molecule has 0 atom stereocenters. The van der Waals surface area contributed by atoms with Gasteiger partial charge in [0.25, 0.3) is 5.69 Å². The Bertz CT molecular complexity index is 694. The Balaban J connectivity index is 2.44. The van der Waals surface area contributed by atoms with E-state index < -0.39 is 5.41 Å². The van der Waals surface area contributed by atoms with Crippen molar-refractivity contribution < 1.29 is 14.5 Å². The van der Waals surface area contributed by atoms with Crippen LogP contribution in [0.2, 0.25) is 0 Å². The predicted molar refractivity (Wildman–Crippen MR) is 112 cm³/mol. The Morgan fingerprint density at radius 2 is 1.93 bits per heavy atom. The highest BCUT2D eigenvalue weighted by atomic mass is 16.6. The minimum atomic E-state index is -0.538. The molecule has 0 spiro atoms. The molecular weight excluding hydrogens is 356 g/mol. The zero-order valence-electron chi connectivity index (χ0n) is 17.9. The molecule has 6 nitrogen and oxygen atoms in total. The van der Waals surface area contributed by atoms with Crippen molar-refractivity contribution in [3.63, 3.8) is 0 Å². The molecule has 0 bridgehead atoms. The van der Waals surface area contributed by atoms with E-state index in [1.54, 1.807) is 6.07 Å². The first-order valence-corrected chi connectivity index (χ1v) is 10.3. The van der Waals surface area contributed by atoms with E-state index in [9.17, 15) is 14.9 Å². The first kappa shape index (κ1) is 22.2. The molecule has 1 aliphatic rings. The first-order valence-electron chi connectivity index (χ1n) is 10.3. The number of hydrogen-bond acceptors (Lipinski definition) is 5. The molecule has 1 aromatic rings. The molecule has 0 radical (unpaired) electrons.